The molecule has 0 N–H and O–H groups in total. The molecular formula is C14H13FN2O4. The molecule has 0 aliphatic carbocycles. The monoisotopic (exact) mass is 292 g/mol. The second-order valence-corrected chi connectivity index (χ2v) is 4.62. The van der Waals surface area contributed by atoms with Crippen molar-refractivity contribution in [2.45, 2.75) is 13.5 Å². The lowest BCUT2D eigenvalue weighted by molar-refractivity contribution is -0.385. The molecule has 2 aromatic rings. The molecule has 21 heavy (non-hydrogen) atoms. The number of nitro groups is 1. The van der Waals surface area contributed by atoms with Crippen LogP contribution in [0.25, 0.3) is 0 Å². The molecule has 0 radical (unpaired) electrons. The molecule has 0 aliphatic heterocycles. The van der Waals surface area contributed by atoms with Crippen LogP contribution in [0.2, 0.25) is 0 Å². The Kier molecular flexibility index (Phi) is 4.02. The zero-order valence-corrected chi connectivity index (χ0v) is 11.5. The number of non-ortho nitro benzene ring substituents is 1. The van der Waals surface area contributed by atoms with E-state index in [2.05, 4.69) is 0 Å². The van der Waals surface area contributed by atoms with E-state index >= 15 is 0 Å². The summed E-state index contributed by atoms with van der Waals surface area (Å²) in [6.07, 6.45) is 1.46. The van der Waals surface area contributed by atoms with E-state index in [1.54, 1.807) is 12.1 Å². The van der Waals surface area contributed by atoms with Crippen LogP contribution >= 0.6 is 0 Å². The Labute approximate surface area is 119 Å². The van der Waals surface area contributed by atoms with Crippen LogP contribution in [0.1, 0.15) is 21.7 Å². The van der Waals surface area contributed by atoms with E-state index in [0.717, 1.165) is 12.1 Å². The van der Waals surface area contributed by atoms with E-state index in [1.807, 2.05) is 0 Å². The van der Waals surface area contributed by atoms with E-state index in [9.17, 15) is 19.3 Å². The summed E-state index contributed by atoms with van der Waals surface area (Å²) in [4.78, 5) is 23.6. The van der Waals surface area contributed by atoms with Crippen molar-refractivity contribution < 1.29 is 18.5 Å². The SMILES string of the molecule is Cc1cc([N+](=O)[O-])cc(C(=O)N(C)Cc2ccco2)c1F. The lowest BCUT2D eigenvalue weighted by Crippen LogP contribution is -2.27. The maximum atomic E-state index is 14.0. The Hall–Kier alpha value is -2.70. The van der Waals surface area contributed by atoms with Gasteiger partial charge in [-0.05, 0) is 24.6 Å². The standard InChI is InChI=1S/C14H13FN2O4/c1-9-6-10(17(19)20)7-12(13(9)15)14(18)16(2)8-11-4-3-5-21-11/h3-7H,8H2,1-2H3. The second kappa shape index (κ2) is 5.74. The summed E-state index contributed by atoms with van der Waals surface area (Å²) in [5, 5.41) is 10.8. The number of carbonyl (C=O) groups is 1. The van der Waals surface area contributed by atoms with Gasteiger partial charge < -0.3 is 9.32 Å². The minimum atomic E-state index is -0.753. The summed E-state index contributed by atoms with van der Waals surface area (Å²) in [7, 11) is 1.47. The predicted molar refractivity (Wildman–Crippen MR) is 72.3 cm³/mol. The fourth-order valence-electron chi connectivity index (χ4n) is 1.93. The van der Waals surface area contributed by atoms with Gasteiger partial charge in [-0.3, -0.25) is 14.9 Å². The fraction of sp³-hybridized carbons (Fsp3) is 0.214. The van der Waals surface area contributed by atoms with Gasteiger partial charge in [0.25, 0.3) is 11.6 Å². The molecule has 0 atom stereocenters. The third kappa shape index (κ3) is 3.07. The van der Waals surface area contributed by atoms with Gasteiger partial charge in [-0.1, -0.05) is 0 Å². The molecule has 1 aromatic carbocycles. The third-order valence-corrected chi connectivity index (χ3v) is 3.00. The van der Waals surface area contributed by atoms with Crippen LogP contribution in [0.5, 0.6) is 0 Å². The highest BCUT2D eigenvalue weighted by molar-refractivity contribution is 5.95. The van der Waals surface area contributed by atoms with E-state index in [-0.39, 0.29) is 23.4 Å². The van der Waals surface area contributed by atoms with Gasteiger partial charge in [-0.25, -0.2) is 4.39 Å². The second-order valence-electron chi connectivity index (χ2n) is 4.62. The number of furan rings is 1. The van der Waals surface area contributed by atoms with Crippen LogP contribution in [0, 0.1) is 22.9 Å². The van der Waals surface area contributed by atoms with Crippen LogP contribution in [-0.2, 0) is 6.54 Å². The first kappa shape index (κ1) is 14.7. The summed E-state index contributed by atoms with van der Waals surface area (Å²) < 4.78 is 19.2. The van der Waals surface area contributed by atoms with Crippen LogP contribution < -0.4 is 0 Å². The number of halogens is 1. The number of carbonyl (C=O) groups excluding carboxylic acids is 1. The van der Waals surface area contributed by atoms with Gasteiger partial charge in [0.15, 0.2) is 0 Å². The van der Waals surface area contributed by atoms with Crippen molar-refractivity contribution >= 4 is 11.6 Å². The largest absolute Gasteiger partial charge is 0.467 e. The smallest absolute Gasteiger partial charge is 0.270 e. The summed E-state index contributed by atoms with van der Waals surface area (Å²) in [6.45, 7) is 1.53. The Bertz CT molecular complexity index is 683. The number of nitrogens with zero attached hydrogens (tertiary/aromatic N) is 2. The Morgan fingerprint density at radius 3 is 2.76 bits per heavy atom. The van der Waals surface area contributed by atoms with E-state index in [4.69, 9.17) is 4.42 Å². The molecule has 0 saturated carbocycles. The summed E-state index contributed by atoms with van der Waals surface area (Å²) in [5.74, 6) is -0.860. The average molecular weight is 292 g/mol. The minimum absolute atomic E-state index is 0.0546. The number of nitro benzene ring substituents is 1. The van der Waals surface area contributed by atoms with Gasteiger partial charge in [-0.2, -0.15) is 0 Å². The molecule has 1 heterocycles. The van der Waals surface area contributed by atoms with Crippen LogP contribution in [0.15, 0.2) is 34.9 Å². The lowest BCUT2D eigenvalue weighted by atomic mass is 10.1. The summed E-state index contributed by atoms with van der Waals surface area (Å²) >= 11 is 0. The first-order valence-corrected chi connectivity index (χ1v) is 6.12. The van der Waals surface area contributed by atoms with Crippen molar-refractivity contribution in [1.82, 2.24) is 4.90 Å². The fourth-order valence-corrected chi connectivity index (χ4v) is 1.93. The molecule has 2 rings (SSSR count). The first-order valence-electron chi connectivity index (χ1n) is 6.12. The molecule has 6 nitrogen and oxygen atoms in total. The molecule has 110 valence electrons. The van der Waals surface area contributed by atoms with Crippen LogP contribution in [-0.4, -0.2) is 22.8 Å². The lowest BCUT2D eigenvalue weighted by Gasteiger charge is -2.16. The maximum absolute atomic E-state index is 14.0. The van der Waals surface area contributed by atoms with Crippen LogP contribution in [0.4, 0.5) is 10.1 Å². The number of aryl methyl sites for hydroxylation is 1. The highest BCUT2D eigenvalue weighted by Crippen LogP contribution is 2.22. The van der Waals surface area contributed by atoms with Crippen molar-refractivity contribution in [3.63, 3.8) is 0 Å². The van der Waals surface area contributed by atoms with Gasteiger partial charge in [0.2, 0.25) is 0 Å². The number of rotatable bonds is 4. The number of hydrogen-bond donors (Lipinski definition) is 0. The zero-order chi connectivity index (χ0) is 15.6. The normalized spacial score (nSPS) is 10.4. The first-order chi connectivity index (χ1) is 9.90. The Morgan fingerprint density at radius 1 is 1.48 bits per heavy atom. The molecule has 1 aromatic heterocycles. The quantitative estimate of drug-likeness (QED) is 0.641. The topological polar surface area (TPSA) is 76.6 Å². The highest BCUT2D eigenvalue weighted by atomic mass is 19.1. The molecule has 0 spiro atoms. The zero-order valence-electron chi connectivity index (χ0n) is 11.5. The highest BCUT2D eigenvalue weighted by Gasteiger charge is 2.22. The van der Waals surface area contributed by atoms with E-state index < -0.39 is 16.6 Å². The molecule has 0 fully saturated rings. The number of benzene rings is 1. The van der Waals surface area contributed by atoms with Gasteiger partial charge in [0.1, 0.15) is 11.6 Å². The van der Waals surface area contributed by atoms with Gasteiger partial charge >= 0.3 is 0 Å². The molecule has 0 bridgehead atoms. The van der Waals surface area contributed by atoms with Crippen molar-refractivity contribution in [1.29, 1.82) is 0 Å². The van der Waals surface area contributed by atoms with Gasteiger partial charge in [0.05, 0.1) is 23.3 Å². The van der Waals surface area contributed by atoms with Crippen molar-refractivity contribution in [2.24, 2.45) is 0 Å². The molecule has 0 saturated heterocycles. The minimum Gasteiger partial charge on any atom is -0.467 e. The van der Waals surface area contributed by atoms with Crippen molar-refractivity contribution in [3.8, 4) is 0 Å². The molecule has 7 heteroatoms. The summed E-state index contributed by atoms with van der Waals surface area (Å²) in [6, 6.07) is 5.40. The van der Waals surface area contributed by atoms with E-state index in [0.29, 0.717) is 5.76 Å². The average Bonchev–Trinajstić information content (AvgIpc) is 2.93. The van der Waals surface area contributed by atoms with Gasteiger partial charge in [-0.15, -0.1) is 0 Å². The molecule has 1 amide bonds. The molecular weight excluding hydrogens is 279 g/mol. The molecule has 0 unspecified atom stereocenters. The van der Waals surface area contributed by atoms with Gasteiger partial charge in [0, 0.05) is 19.2 Å². The Morgan fingerprint density at radius 2 is 2.19 bits per heavy atom. The molecule has 0 aliphatic rings. The van der Waals surface area contributed by atoms with Crippen LogP contribution in [0.3, 0.4) is 0 Å². The number of hydrogen-bond acceptors (Lipinski definition) is 4. The predicted octanol–water partition coefficient (Wildman–Crippen LogP) is 2.91. The number of amides is 1. The summed E-state index contributed by atoms with van der Waals surface area (Å²) in [5.41, 5.74) is -0.585. The van der Waals surface area contributed by atoms with E-state index in [1.165, 1.54) is 25.1 Å². The maximum Gasteiger partial charge on any atom is 0.270 e. The Balaban J connectivity index is 2.31. The van der Waals surface area contributed by atoms with Crippen molar-refractivity contribution in [2.75, 3.05) is 7.05 Å². The third-order valence-electron chi connectivity index (χ3n) is 3.00. The van der Waals surface area contributed by atoms with Crippen molar-refractivity contribution in [3.05, 3.63) is 63.3 Å².